The van der Waals surface area contributed by atoms with Crippen molar-refractivity contribution in [2.45, 2.75) is 13.8 Å². The second-order valence-corrected chi connectivity index (χ2v) is 4.88. The van der Waals surface area contributed by atoms with Gasteiger partial charge >= 0.3 is 0 Å². The van der Waals surface area contributed by atoms with Gasteiger partial charge in [-0.15, -0.1) is 0 Å². The topological polar surface area (TPSA) is 67.6 Å². The van der Waals surface area contributed by atoms with Gasteiger partial charge < -0.3 is 5.73 Å². The summed E-state index contributed by atoms with van der Waals surface area (Å²) in [5.74, 6) is 0.399. The zero-order valence-corrected chi connectivity index (χ0v) is 11.4. The monoisotopic (exact) mass is 262 g/mol. The average molecular weight is 262 g/mol. The van der Waals surface area contributed by atoms with Gasteiger partial charge in [0.1, 0.15) is 11.6 Å². The number of nitrogen functional groups attached to an aromatic ring is 1. The molecule has 0 bridgehead atoms. The van der Waals surface area contributed by atoms with Crippen LogP contribution >= 0.6 is 0 Å². The Kier molecular flexibility index (Phi) is 2.69. The summed E-state index contributed by atoms with van der Waals surface area (Å²) in [6, 6.07) is 13.9. The highest BCUT2D eigenvalue weighted by molar-refractivity contribution is 5.86. The van der Waals surface area contributed by atoms with E-state index in [2.05, 4.69) is 29.3 Å². The van der Waals surface area contributed by atoms with Gasteiger partial charge in [0.25, 0.3) is 0 Å². The summed E-state index contributed by atoms with van der Waals surface area (Å²) in [6.07, 6.45) is 0. The van der Waals surface area contributed by atoms with Crippen LogP contribution in [0.4, 0.5) is 5.95 Å². The molecule has 1 aromatic heterocycles. The van der Waals surface area contributed by atoms with Gasteiger partial charge in [-0.3, -0.25) is 4.57 Å². The number of aryl methyl sites for hydroxylation is 2. The molecule has 3 rings (SSSR count). The minimum absolute atomic E-state index is 0.399. The lowest BCUT2D eigenvalue weighted by atomic mass is 10.1. The number of nitrogens with two attached hydrogens (primary N) is 1. The van der Waals surface area contributed by atoms with Crippen LogP contribution in [0.1, 0.15) is 16.7 Å². The Morgan fingerprint density at radius 1 is 1.20 bits per heavy atom. The maximum atomic E-state index is 9.16. The quantitative estimate of drug-likeness (QED) is 0.732. The third-order valence-corrected chi connectivity index (χ3v) is 3.44. The van der Waals surface area contributed by atoms with Crippen LogP contribution in [0, 0.1) is 25.2 Å². The first-order valence-electron chi connectivity index (χ1n) is 6.36. The summed E-state index contributed by atoms with van der Waals surface area (Å²) >= 11 is 0. The Labute approximate surface area is 117 Å². The smallest absolute Gasteiger partial charge is 0.205 e. The Morgan fingerprint density at radius 3 is 2.75 bits per heavy atom. The highest BCUT2D eigenvalue weighted by Gasteiger charge is 2.14. The molecule has 2 N–H and O–H groups in total. The first-order chi connectivity index (χ1) is 9.61. The molecule has 0 saturated carbocycles. The van der Waals surface area contributed by atoms with Crippen LogP contribution in [0.5, 0.6) is 0 Å². The van der Waals surface area contributed by atoms with E-state index in [0.717, 1.165) is 22.3 Å². The molecule has 4 nitrogen and oxygen atoms in total. The van der Waals surface area contributed by atoms with E-state index in [1.165, 1.54) is 0 Å². The SMILES string of the molecule is Cc1ccc(C)c(-n2c(N)nc3c(C#N)cccc32)c1. The molecule has 0 atom stereocenters. The van der Waals surface area contributed by atoms with Gasteiger partial charge in [-0.1, -0.05) is 18.2 Å². The number of benzene rings is 2. The fraction of sp³-hybridized carbons (Fsp3) is 0.125. The maximum Gasteiger partial charge on any atom is 0.205 e. The average Bonchev–Trinajstić information content (AvgIpc) is 2.77. The van der Waals surface area contributed by atoms with E-state index in [4.69, 9.17) is 11.0 Å². The molecule has 2 aromatic carbocycles. The molecule has 0 aliphatic carbocycles. The number of aromatic nitrogens is 2. The van der Waals surface area contributed by atoms with Gasteiger partial charge in [-0.05, 0) is 43.2 Å². The van der Waals surface area contributed by atoms with Crippen molar-refractivity contribution >= 4 is 17.0 Å². The van der Waals surface area contributed by atoms with Gasteiger partial charge in [0, 0.05) is 0 Å². The van der Waals surface area contributed by atoms with Gasteiger partial charge in [0.2, 0.25) is 5.95 Å². The molecule has 98 valence electrons. The maximum absolute atomic E-state index is 9.16. The van der Waals surface area contributed by atoms with Crippen LogP contribution in [-0.4, -0.2) is 9.55 Å². The molecule has 0 amide bonds. The Bertz CT molecular complexity index is 853. The van der Waals surface area contributed by atoms with Crippen LogP contribution < -0.4 is 5.73 Å². The molecular formula is C16H14N4. The largest absolute Gasteiger partial charge is 0.369 e. The van der Waals surface area contributed by atoms with Gasteiger partial charge in [0.15, 0.2) is 0 Å². The predicted molar refractivity (Wildman–Crippen MR) is 79.7 cm³/mol. The summed E-state index contributed by atoms with van der Waals surface area (Å²) in [5.41, 5.74) is 11.4. The first-order valence-corrected chi connectivity index (χ1v) is 6.36. The van der Waals surface area contributed by atoms with Crippen LogP contribution in [0.25, 0.3) is 16.7 Å². The number of fused-ring (bicyclic) bond motifs is 1. The fourth-order valence-corrected chi connectivity index (χ4v) is 2.42. The van der Waals surface area contributed by atoms with Crippen molar-refractivity contribution in [1.82, 2.24) is 9.55 Å². The third kappa shape index (κ3) is 1.72. The summed E-state index contributed by atoms with van der Waals surface area (Å²) < 4.78 is 1.90. The number of nitriles is 1. The normalized spacial score (nSPS) is 10.7. The number of hydrogen-bond donors (Lipinski definition) is 1. The lowest BCUT2D eigenvalue weighted by Crippen LogP contribution is -2.02. The molecule has 0 aliphatic rings. The fourth-order valence-electron chi connectivity index (χ4n) is 2.42. The molecular weight excluding hydrogens is 248 g/mol. The second kappa shape index (κ2) is 4.39. The molecule has 3 aromatic rings. The van der Waals surface area contributed by atoms with Crippen molar-refractivity contribution in [2.75, 3.05) is 5.73 Å². The number of hydrogen-bond acceptors (Lipinski definition) is 3. The molecule has 0 fully saturated rings. The number of rotatable bonds is 1. The second-order valence-electron chi connectivity index (χ2n) is 4.88. The Hall–Kier alpha value is -2.80. The third-order valence-electron chi connectivity index (χ3n) is 3.44. The zero-order valence-electron chi connectivity index (χ0n) is 11.4. The van der Waals surface area contributed by atoms with Crippen molar-refractivity contribution < 1.29 is 0 Å². The van der Waals surface area contributed by atoms with Crippen molar-refractivity contribution in [3.05, 3.63) is 53.1 Å². The van der Waals surface area contributed by atoms with Gasteiger partial charge in [0.05, 0.1) is 16.8 Å². The lowest BCUT2D eigenvalue weighted by molar-refractivity contribution is 1.08. The number of anilines is 1. The highest BCUT2D eigenvalue weighted by atomic mass is 15.2. The molecule has 0 saturated heterocycles. The molecule has 4 heteroatoms. The Morgan fingerprint density at radius 2 is 2.00 bits per heavy atom. The predicted octanol–water partition coefficient (Wildman–Crippen LogP) is 3.10. The van der Waals surface area contributed by atoms with Crippen LogP contribution in [-0.2, 0) is 0 Å². The lowest BCUT2D eigenvalue weighted by Gasteiger charge is -2.11. The summed E-state index contributed by atoms with van der Waals surface area (Å²) in [7, 11) is 0. The standard InChI is InChI=1S/C16H14N4/c1-10-6-7-11(2)14(8-10)20-13-5-3-4-12(9-17)15(13)19-16(20)18/h3-8H,1-2H3,(H2,18,19). The summed E-state index contributed by atoms with van der Waals surface area (Å²) in [4.78, 5) is 4.35. The van der Waals surface area contributed by atoms with Crippen molar-refractivity contribution in [3.63, 3.8) is 0 Å². The van der Waals surface area contributed by atoms with E-state index in [1.807, 2.05) is 30.5 Å². The Balaban J connectivity index is 2.40. The van der Waals surface area contributed by atoms with Gasteiger partial charge in [-0.2, -0.15) is 5.26 Å². The summed E-state index contributed by atoms with van der Waals surface area (Å²) in [6.45, 7) is 4.08. The van der Waals surface area contributed by atoms with E-state index in [9.17, 15) is 0 Å². The molecule has 0 radical (unpaired) electrons. The minimum atomic E-state index is 0.399. The molecule has 1 heterocycles. The van der Waals surface area contributed by atoms with E-state index in [1.54, 1.807) is 6.07 Å². The van der Waals surface area contributed by atoms with Crippen molar-refractivity contribution in [3.8, 4) is 11.8 Å². The van der Waals surface area contributed by atoms with Crippen LogP contribution in [0.3, 0.4) is 0 Å². The van der Waals surface area contributed by atoms with Crippen molar-refractivity contribution in [1.29, 1.82) is 5.26 Å². The highest BCUT2D eigenvalue weighted by Crippen LogP contribution is 2.27. The first kappa shape index (κ1) is 12.2. The number of nitrogens with zero attached hydrogens (tertiary/aromatic N) is 3. The number of imidazole rings is 1. The van der Waals surface area contributed by atoms with E-state index in [-0.39, 0.29) is 0 Å². The minimum Gasteiger partial charge on any atom is -0.369 e. The molecule has 20 heavy (non-hydrogen) atoms. The van der Waals surface area contributed by atoms with Crippen LogP contribution in [0.15, 0.2) is 36.4 Å². The van der Waals surface area contributed by atoms with E-state index >= 15 is 0 Å². The molecule has 0 unspecified atom stereocenters. The van der Waals surface area contributed by atoms with Crippen molar-refractivity contribution in [2.24, 2.45) is 0 Å². The summed E-state index contributed by atoms with van der Waals surface area (Å²) in [5, 5.41) is 9.16. The molecule has 0 aliphatic heterocycles. The number of para-hydroxylation sites is 1. The van der Waals surface area contributed by atoms with Gasteiger partial charge in [-0.25, -0.2) is 4.98 Å². The van der Waals surface area contributed by atoms with E-state index < -0.39 is 0 Å². The zero-order chi connectivity index (χ0) is 14.3. The van der Waals surface area contributed by atoms with E-state index in [0.29, 0.717) is 17.0 Å². The molecule has 0 spiro atoms. The van der Waals surface area contributed by atoms with Crippen LogP contribution in [0.2, 0.25) is 0 Å².